The first-order valence-corrected chi connectivity index (χ1v) is 17.6. The second-order valence-corrected chi connectivity index (χ2v) is 13.5. The lowest BCUT2D eigenvalue weighted by molar-refractivity contribution is 0.670. The minimum absolute atomic E-state index is 0.0327. The molecule has 0 unspecified atom stereocenters. The predicted octanol–water partition coefficient (Wildman–Crippen LogP) is 0.403. The normalized spacial score (nSPS) is 11.5. The van der Waals surface area contributed by atoms with E-state index in [1.807, 2.05) is 103 Å². The van der Waals surface area contributed by atoms with Crippen molar-refractivity contribution < 1.29 is 4.42 Å². The van der Waals surface area contributed by atoms with Gasteiger partial charge in [0.15, 0.2) is 17.5 Å². The molecule has 0 fully saturated rings. The van der Waals surface area contributed by atoms with Crippen LogP contribution in [-0.4, -0.2) is 85.6 Å². The molecule has 0 saturated carbocycles. The van der Waals surface area contributed by atoms with Crippen LogP contribution < -0.4 is 49.2 Å². The number of furan rings is 1. The molecule has 7 aromatic carbocycles. The molecule has 0 bridgehead atoms. The van der Waals surface area contributed by atoms with E-state index in [9.17, 15) is 0 Å². The van der Waals surface area contributed by atoms with Crippen molar-refractivity contribution >= 4 is 152 Å². The zero-order chi connectivity index (χ0) is 39.0. The van der Waals surface area contributed by atoms with E-state index in [4.69, 9.17) is 90.0 Å². The standard InChI is InChI=1S/C43H18B9N3O/c44-31-28(32(45)34(47)29(33(31)46)30-35(48)37(50)39(52)38(51)36(30)49)23-15-16-24(40-27(23)25-17-21-13-7-8-14-22(21)18-26(25)56-40)43-54-41(19-9-3-1-4-10-19)53-42(55-43)20-11-5-2-6-12-20/h1-18H. The number of hydrogen-bond donors (Lipinski definition) is 0. The van der Waals surface area contributed by atoms with Gasteiger partial charge in [-0.1, -0.05) is 124 Å². The van der Waals surface area contributed by atoms with Crippen LogP contribution in [0.5, 0.6) is 0 Å². The van der Waals surface area contributed by atoms with Crippen LogP contribution in [0.2, 0.25) is 0 Å². The van der Waals surface area contributed by atoms with Gasteiger partial charge in [0.2, 0.25) is 0 Å². The fraction of sp³-hybridized carbons (Fsp3) is 0. The number of hydrogen-bond acceptors (Lipinski definition) is 4. The highest BCUT2D eigenvalue weighted by Gasteiger charge is 2.25. The van der Waals surface area contributed by atoms with Gasteiger partial charge in [0.1, 0.15) is 81.8 Å². The Kier molecular flexibility index (Phi) is 8.80. The summed E-state index contributed by atoms with van der Waals surface area (Å²) in [5, 5.41) is 3.48. The van der Waals surface area contributed by atoms with Crippen LogP contribution in [-0.2, 0) is 0 Å². The van der Waals surface area contributed by atoms with Gasteiger partial charge in [-0.15, -0.1) is 16.4 Å². The molecule has 0 N–H and O–H groups in total. The maximum absolute atomic E-state index is 6.95. The molecule has 9 aromatic rings. The van der Waals surface area contributed by atoms with Gasteiger partial charge in [-0.3, -0.25) is 0 Å². The lowest BCUT2D eigenvalue weighted by Crippen LogP contribution is -2.57. The van der Waals surface area contributed by atoms with Crippen LogP contribution in [0.3, 0.4) is 0 Å². The zero-order valence-corrected chi connectivity index (χ0v) is 29.8. The van der Waals surface area contributed by atoms with Crippen molar-refractivity contribution in [3.05, 3.63) is 109 Å². The van der Waals surface area contributed by atoms with Gasteiger partial charge in [0, 0.05) is 21.9 Å². The number of fused-ring (bicyclic) bond motifs is 4. The molecule has 2 aromatic heterocycles. The van der Waals surface area contributed by atoms with Gasteiger partial charge >= 0.3 is 0 Å². The first-order chi connectivity index (χ1) is 27.0. The smallest absolute Gasteiger partial charge is 0.167 e. The molecule has 18 radical (unpaired) electrons. The highest BCUT2D eigenvalue weighted by atomic mass is 16.3. The summed E-state index contributed by atoms with van der Waals surface area (Å²) >= 11 is 0. The number of benzene rings is 7. The van der Waals surface area contributed by atoms with Crippen molar-refractivity contribution in [1.29, 1.82) is 0 Å². The summed E-state index contributed by atoms with van der Waals surface area (Å²) in [5.74, 6) is 1.40. The van der Waals surface area contributed by atoms with Gasteiger partial charge in [-0.2, -0.15) is 0 Å². The summed E-state index contributed by atoms with van der Waals surface area (Å²) in [6, 6.07) is 35.3. The van der Waals surface area contributed by atoms with Gasteiger partial charge in [-0.25, -0.2) is 15.0 Å². The van der Waals surface area contributed by atoms with Crippen molar-refractivity contribution in [3.8, 4) is 56.4 Å². The molecule has 0 aliphatic carbocycles. The molecule has 4 nitrogen and oxygen atoms in total. The maximum Gasteiger partial charge on any atom is 0.167 e. The second kappa shape index (κ2) is 13.7. The highest BCUT2D eigenvalue weighted by Crippen LogP contribution is 2.42. The third-order valence-electron chi connectivity index (χ3n) is 10.3. The van der Waals surface area contributed by atoms with Crippen LogP contribution in [0, 0.1) is 0 Å². The molecule has 0 atom stereocenters. The van der Waals surface area contributed by atoms with Crippen molar-refractivity contribution in [2.45, 2.75) is 0 Å². The van der Waals surface area contributed by atoms with Crippen LogP contribution in [0.1, 0.15) is 0 Å². The molecular formula is C43H18B9N3O. The molecule has 56 heavy (non-hydrogen) atoms. The van der Waals surface area contributed by atoms with E-state index in [-0.39, 0.29) is 60.3 Å². The molecule has 2 heterocycles. The first-order valence-electron chi connectivity index (χ1n) is 17.6. The quantitative estimate of drug-likeness (QED) is 0.246. The van der Waals surface area contributed by atoms with Crippen LogP contribution in [0.25, 0.3) is 89.1 Å². The van der Waals surface area contributed by atoms with E-state index in [1.54, 1.807) is 0 Å². The van der Waals surface area contributed by atoms with Crippen molar-refractivity contribution in [2.75, 3.05) is 0 Å². The summed E-state index contributed by atoms with van der Waals surface area (Å²) in [4.78, 5) is 14.9. The molecule has 0 aliphatic rings. The van der Waals surface area contributed by atoms with Crippen LogP contribution in [0.4, 0.5) is 0 Å². The Morgan fingerprint density at radius 1 is 0.375 bits per heavy atom. The Morgan fingerprint density at radius 2 is 0.786 bits per heavy atom. The maximum atomic E-state index is 6.95. The summed E-state index contributed by atoms with van der Waals surface area (Å²) < 4.78 is 6.78. The fourth-order valence-electron chi connectivity index (χ4n) is 7.39. The SMILES string of the molecule is [B]c1c([B])c([B])c(-c2c([B])c([B])c(-c3ccc(-c4nc(-c5ccccc5)nc(-c5ccccc5)n4)c4oc5cc6ccccc6cc5c34)c([B])c2[B])c([B])c1[B]. The number of aromatic nitrogens is 3. The summed E-state index contributed by atoms with van der Waals surface area (Å²) in [7, 11) is 59.0. The highest BCUT2D eigenvalue weighted by molar-refractivity contribution is 6.70. The molecular weight excluding hydrogens is 672 g/mol. The lowest BCUT2D eigenvalue weighted by Gasteiger charge is -2.28. The van der Waals surface area contributed by atoms with Crippen LogP contribution in [0.15, 0.2) is 114 Å². The van der Waals surface area contributed by atoms with Gasteiger partial charge in [-0.05, 0) is 51.2 Å². The van der Waals surface area contributed by atoms with Gasteiger partial charge in [0.05, 0.1) is 5.56 Å². The molecule has 9 rings (SSSR count). The fourth-order valence-corrected chi connectivity index (χ4v) is 7.39. The molecule has 238 valence electrons. The van der Waals surface area contributed by atoms with Gasteiger partial charge < -0.3 is 4.42 Å². The summed E-state index contributed by atoms with van der Waals surface area (Å²) in [5.41, 5.74) is 5.35. The Hall–Kier alpha value is -5.81. The monoisotopic (exact) mass is 691 g/mol. The van der Waals surface area contributed by atoms with E-state index < -0.39 is 0 Å². The average molecular weight is 690 g/mol. The van der Waals surface area contributed by atoms with Crippen LogP contribution >= 0.6 is 0 Å². The topological polar surface area (TPSA) is 51.8 Å². The molecule has 0 spiro atoms. The van der Waals surface area contributed by atoms with Crippen molar-refractivity contribution in [3.63, 3.8) is 0 Å². The zero-order valence-electron chi connectivity index (χ0n) is 29.8. The average Bonchev–Trinajstić information content (AvgIpc) is 3.60. The number of rotatable bonds is 5. The third-order valence-corrected chi connectivity index (χ3v) is 10.3. The van der Waals surface area contributed by atoms with E-state index in [1.165, 1.54) is 0 Å². The summed E-state index contributed by atoms with van der Waals surface area (Å²) in [6.45, 7) is 0. The van der Waals surface area contributed by atoms with Gasteiger partial charge in [0.25, 0.3) is 0 Å². The van der Waals surface area contributed by atoms with E-state index in [0.29, 0.717) is 50.7 Å². The Morgan fingerprint density at radius 3 is 1.32 bits per heavy atom. The minimum Gasteiger partial charge on any atom is -0.455 e. The molecule has 0 saturated heterocycles. The largest absolute Gasteiger partial charge is 0.455 e. The van der Waals surface area contributed by atoms with Crippen molar-refractivity contribution in [1.82, 2.24) is 15.0 Å². The van der Waals surface area contributed by atoms with E-state index in [0.717, 1.165) is 27.3 Å². The lowest BCUT2D eigenvalue weighted by atomic mass is 9.56. The molecule has 0 aliphatic heterocycles. The van der Waals surface area contributed by atoms with Crippen molar-refractivity contribution in [2.24, 2.45) is 0 Å². The first kappa shape index (κ1) is 35.9. The minimum atomic E-state index is 0.0327. The van der Waals surface area contributed by atoms with E-state index >= 15 is 0 Å². The van der Waals surface area contributed by atoms with E-state index in [2.05, 4.69) is 6.07 Å². The molecule has 13 heteroatoms. The Balaban J connectivity index is 1.36. The summed E-state index contributed by atoms with van der Waals surface area (Å²) in [6.07, 6.45) is 0. The second-order valence-electron chi connectivity index (χ2n) is 13.5. The Labute approximate surface area is 336 Å². The Bertz CT molecular complexity index is 2960. The third kappa shape index (κ3) is 5.62. The molecule has 0 amide bonds. The predicted molar refractivity (Wildman–Crippen MR) is 240 cm³/mol. The number of nitrogens with zero attached hydrogens (tertiary/aromatic N) is 3.